The topological polar surface area (TPSA) is 55.1 Å². The van der Waals surface area contributed by atoms with Gasteiger partial charge < -0.3 is 11.1 Å². The lowest BCUT2D eigenvalue weighted by Gasteiger charge is -2.43. The molecule has 2 unspecified atom stereocenters. The Bertz CT molecular complexity index is 541. The summed E-state index contributed by atoms with van der Waals surface area (Å²) in [6, 6.07) is 6.72. The number of aryl methyl sites for hydroxylation is 2. The summed E-state index contributed by atoms with van der Waals surface area (Å²) in [7, 11) is 0. The monoisotopic (exact) mass is 350 g/mol. The summed E-state index contributed by atoms with van der Waals surface area (Å²) in [6.07, 6.45) is 6.63. The van der Waals surface area contributed by atoms with E-state index in [-0.39, 0.29) is 24.2 Å². The summed E-state index contributed by atoms with van der Waals surface area (Å²) in [5.41, 5.74) is 10.3. The van der Waals surface area contributed by atoms with Crippen LogP contribution in [0.15, 0.2) is 18.2 Å². The van der Waals surface area contributed by atoms with Crippen LogP contribution in [0.1, 0.15) is 48.8 Å². The minimum absolute atomic E-state index is 0. The Hall–Kier alpha value is -1.06. The maximum atomic E-state index is 12.5. The number of fused-ring (bicyclic) bond motifs is 2. The maximum Gasteiger partial charge on any atom is 0.223 e. The van der Waals surface area contributed by atoms with Crippen LogP contribution in [0, 0.1) is 31.6 Å². The largest absolute Gasteiger partial charge is 0.356 e. The second kappa shape index (κ2) is 8.35. The van der Waals surface area contributed by atoms with Gasteiger partial charge in [-0.1, -0.05) is 24.6 Å². The lowest BCUT2D eigenvalue weighted by molar-refractivity contribution is -0.127. The first kappa shape index (κ1) is 19.3. The van der Waals surface area contributed by atoms with Crippen molar-refractivity contribution in [2.45, 2.75) is 58.4 Å². The molecule has 0 spiro atoms. The molecular formula is C20H31ClN2O. The molecule has 4 heteroatoms. The number of carbonyl (C=O) groups is 1. The summed E-state index contributed by atoms with van der Waals surface area (Å²) in [5, 5.41) is 3.18. The van der Waals surface area contributed by atoms with Gasteiger partial charge in [0, 0.05) is 18.5 Å². The number of carbonyl (C=O) groups excluding carboxylic acids is 1. The smallest absolute Gasteiger partial charge is 0.223 e. The predicted octanol–water partition coefficient (Wildman–Crippen LogP) is 3.54. The van der Waals surface area contributed by atoms with Crippen molar-refractivity contribution in [1.29, 1.82) is 0 Å². The van der Waals surface area contributed by atoms with Crippen LogP contribution in [0.25, 0.3) is 0 Å². The molecular weight excluding hydrogens is 320 g/mol. The summed E-state index contributed by atoms with van der Waals surface area (Å²) in [4.78, 5) is 12.5. The third-order valence-electron chi connectivity index (χ3n) is 6.10. The van der Waals surface area contributed by atoms with E-state index in [4.69, 9.17) is 5.73 Å². The number of halogens is 1. The van der Waals surface area contributed by atoms with Crippen molar-refractivity contribution in [1.82, 2.24) is 5.32 Å². The highest BCUT2D eigenvalue weighted by Crippen LogP contribution is 2.41. The summed E-state index contributed by atoms with van der Waals surface area (Å²) < 4.78 is 0. The normalized spacial score (nSPS) is 28.8. The highest BCUT2D eigenvalue weighted by Gasteiger charge is 2.40. The van der Waals surface area contributed by atoms with Crippen LogP contribution in [0.3, 0.4) is 0 Å². The first-order chi connectivity index (χ1) is 11.1. The van der Waals surface area contributed by atoms with Gasteiger partial charge in [0.25, 0.3) is 0 Å². The van der Waals surface area contributed by atoms with Crippen LogP contribution in [0.5, 0.6) is 0 Å². The number of benzene rings is 1. The van der Waals surface area contributed by atoms with Crippen molar-refractivity contribution < 1.29 is 4.79 Å². The molecule has 0 radical (unpaired) electrons. The second-order valence-electron chi connectivity index (χ2n) is 7.61. The lowest BCUT2D eigenvalue weighted by atomic mass is 9.65. The highest BCUT2D eigenvalue weighted by atomic mass is 35.5. The van der Waals surface area contributed by atoms with Crippen LogP contribution in [-0.2, 0) is 11.2 Å². The number of nitrogens with one attached hydrogen (secondary N) is 1. The van der Waals surface area contributed by atoms with E-state index in [1.807, 2.05) is 0 Å². The summed E-state index contributed by atoms with van der Waals surface area (Å²) in [6.45, 7) is 5.03. The molecule has 3 nitrogen and oxygen atoms in total. The average Bonchev–Trinajstić information content (AvgIpc) is 2.49. The molecule has 0 aromatic heterocycles. The zero-order valence-electron chi connectivity index (χ0n) is 14.9. The van der Waals surface area contributed by atoms with Crippen LogP contribution in [0.2, 0.25) is 0 Å². The fourth-order valence-corrected chi connectivity index (χ4v) is 4.70. The Morgan fingerprint density at radius 2 is 1.75 bits per heavy atom. The van der Waals surface area contributed by atoms with E-state index in [1.54, 1.807) is 0 Å². The van der Waals surface area contributed by atoms with Gasteiger partial charge >= 0.3 is 0 Å². The van der Waals surface area contributed by atoms with Crippen LogP contribution >= 0.6 is 12.4 Å². The van der Waals surface area contributed by atoms with Crippen molar-refractivity contribution in [3.05, 3.63) is 34.9 Å². The standard InChI is InChI=1S/C20H30N2O.ClH/c1-13-5-3-6-14(2)18(13)9-10-22-20(23)17-11-15-7-4-8-16(12-17)19(15)21;/h3,5-6,15-17,19H,4,7-12,21H2,1-2H3,(H,22,23);1H. The van der Waals surface area contributed by atoms with Gasteiger partial charge in [-0.15, -0.1) is 12.4 Å². The Balaban J connectivity index is 0.00000208. The molecule has 2 aliphatic rings. The molecule has 2 aliphatic carbocycles. The summed E-state index contributed by atoms with van der Waals surface area (Å²) in [5.74, 6) is 1.57. The van der Waals surface area contributed by atoms with Crippen molar-refractivity contribution in [3.63, 3.8) is 0 Å². The number of hydrogen-bond donors (Lipinski definition) is 2. The van der Waals surface area contributed by atoms with Crippen LogP contribution in [0.4, 0.5) is 0 Å². The highest BCUT2D eigenvalue weighted by molar-refractivity contribution is 5.85. The molecule has 3 N–H and O–H groups in total. The fourth-order valence-electron chi connectivity index (χ4n) is 4.70. The van der Waals surface area contributed by atoms with Crippen LogP contribution < -0.4 is 11.1 Å². The molecule has 1 aromatic rings. The van der Waals surface area contributed by atoms with Gasteiger partial charge in [-0.25, -0.2) is 0 Å². The van der Waals surface area contributed by atoms with Gasteiger partial charge in [-0.3, -0.25) is 4.79 Å². The number of rotatable bonds is 4. The first-order valence-corrected chi connectivity index (χ1v) is 9.14. The van der Waals surface area contributed by atoms with E-state index in [0.717, 1.165) is 25.8 Å². The van der Waals surface area contributed by atoms with Gasteiger partial charge in [0.2, 0.25) is 5.91 Å². The van der Waals surface area contributed by atoms with E-state index < -0.39 is 0 Å². The van der Waals surface area contributed by atoms with Gasteiger partial charge in [0.1, 0.15) is 0 Å². The SMILES string of the molecule is Cc1cccc(C)c1CCNC(=O)C1CC2CCCC(C1)C2N.Cl. The minimum Gasteiger partial charge on any atom is -0.356 e. The van der Waals surface area contributed by atoms with E-state index in [2.05, 4.69) is 37.4 Å². The lowest BCUT2D eigenvalue weighted by Crippen LogP contribution is -2.49. The Labute approximate surface area is 152 Å². The zero-order valence-corrected chi connectivity index (χ0v) is 15.7. The van der Waals surface area contributed by atoms with Gasteiger partial charge in [-0.05, 0) is 74.5 Å². The van der Waals surface area contributed by atoms with Crippen molar-refractivity contribution >= 4 is 18.3 Å². The molecule has 2 atom stereocenters. The van der Waals surface area contributed by atoms with E-state index in [0.29, 0.717) is 17.9 Å². The minimum atomic E-state index is 0. The Morgan fingerprint density at radius 1 is 1.17 bits per heavy atom. The quantitative estimate of drug-likeness (QED) is 0.872. The van der Waals surface area contributed by atoms with E-state index in [9.17, 15) is 4.79 Å². The molecule has 2 bridgehead atoms. The number of amides is 1. The second-order valence-corrected chi connectivity index (χ2v) is 7.61. The van der Waals surface area contributed by atoms with Gasteiger partial charge in [0.05, 0.1) is 0 Å². The first-order valence-electron chi connectivity index (χ1n) is 9.14. The average molecular weight is 351 g/mol. The number of nitrogens with two attached hydrogens (primary N) is 1. The van der Waals surface area contributed by atoms with E-state index in [1.165, 1.54) is 36.0 Å². The number of hydrogen-bond acceptors (Lipinski definition) is 2. The predicted molar refractivity (Wildman–Crippen MR) is 101 cm³/mol. The zero-order chi connectivity index (χ0) is 16.4. The third kappa shape index (κ3) is 4.12. The molecule has 0 heterocycles. The molecule has 0 saturated heterocycles. The van der Waals surface area contributed by atoms with Gasteiger partial charge in [0.15, 0.2) is 0 Å². The van der Waals surface area contributed by atoms with Gasteiger partial charge in [-0.2, -0.15) is 0 Å². The molecule has 134 valence electrons. The van der Waals surface area contributed by atoms with Crippen molar-refractivity contribution in [3.8, 4) is 0 Å². The summed E-state index contributed by atoms with van der Waals surface area (Å²) >= 11 is 0. The molecule has 1 aromatic carbocycles. The third-order valence-corrected chi connectivity index (χ3v) is 6.10. The van der Waals surface area contributed by atoms with Crippen molar-refractivity contribution in [2.24, 2.45) is 23.5 Å². The Kier molecular flexibility index (Phi) is 6.70. The molecule has 3 rings (SSSR count). The fraction of sp³-hybridized carbons (Fsp3) is 0.650. The molecule has 2 fully saturated rings. The Morgan fingerprint density at radius 3 is 2.33 bits per heavy atom. The molecule has 0 aliphatic heterocycles. The molecule has 2 saturated carbocycles. The van der Waals surface area contributed by atoms with Crippen LogP contribution in [-0.4, -0.2) is 18.5 Å². The van der Waals surface area contributed by atoms with Crippen molar-refractivity contribution in [2.75, 3.05) is 6.54 Å². The maximum absolute atomic E-state index is 12.5. The molecule has 24 heavy (non-hydrogen) atoms. The van der Waals surface area contributed by atoms with E-state index >= 15 is 0 Å². The molecule has 1 amide bonds.